The Kier molecular flexibility index (Phi) is 6.76. The molecule has 2 saturated heterocycles. The van der Waals surface area contributed by atoms with E-state index < -0.39 is 0 Å². The number of benzene rings is 1. The van der Waals surface area contributed by atoms with Crippen molar-refractivity contribution in [1.82, 2.24) is 14.7 Å². The molecule has 5 heteroatoms. The van der Waals surface area contributed by atoms with Crippen LogP contribution >= 0.6 is 0 Å². The smallest absolute Gasteiger partial charge is 0.236 e. The van der Waals surface area contributed by atoms with Gasteiger partial charge in [-0.2, -0.15) is 0 Å². The summed E-state index contributed by atoms with van der Waals surface area (Å²) in [4.78, 5) is 22.4. The first-order valence-corrected chi connectivity index (χ1v) is 11.7. The van der Waals surface area contributed by atoms with E-state index in [1.807, 2.05) is 0 Å². The number of carbonyl (C=O) groups is 1. The van der Waals surface area contributed by atoms with E-state index in [2.05, 4.69) is 51.6 Å². The van der Waals surface area contributed by atoms with E-state index in [0.29, 0.717) is 12.5 Å². The third kappa shape index (κ3) is 5.13. The number of anilines is 1. The van der Waals surface area contributed by atoms with E-state index in [1.54, 1.807) is 0 Å². The number of hydrogen-bond acceptors (Lipinski definition) is 4. The molecule has 4 rings (SSSR count). The molecule has 29 heavy (non-hydrogen) atoms. The summed E-state index contributed by atoms with van der Waals surface area (Å²) in [5.41, 5.74) is 4.02. The molecule has 160 valence electrons. The van der Waals surface area contributed by atoms with Crippen LogP contribution in [0.5, 0.6) is 0 Å². The van der Waals surface area contributed by atoms with Gasteiger partial charge in [0.1, 0.15) is 0 Å². The van der Waals surface area contributed by atoms with Crippen molar-refractivity contribution < 1.29 is 4.79 Å². The first-order valence-electron chi connectivity index (χ1n) is 11.7. The summed E-state index contributed by atoms with van der Waals surface area (Å²) in [6, 6.07) is 7.52. The Morgan fingerprint density at radius 2 is 1.55 bits per heavy atom. The van der Waals surface area contributed by atoms with Gasteiger partial charge in [0.05, 0.1) is 6.54 Å². The van der Waals surface area contributed by atoms with Crippen molar-refractivity contribution in [3.63, 3.8) is 0 Å². The average molecular weight is 399 g/mol. The van der Waals surface area contributed by atoms with Crippen LogP contribution in [0.15, 0.2) is 18.2 Å². The maximum atomic E-state index is 12.8. The van der Waals surface area contributed by atoms with Crippen LogP contribution in [0.4, 0.5) is 5.69 Å². The molecular formula is C24H38N4O. The number of rotatable bonds is 4. The number of carbonyl (C=O) groups excluding carboxylic acids is 1. The lowest BCUT2D eigenvalue weighted by atomic mass is 9.94. The van der Waals surface area contributed by atoms with Crippen LogP contribution in [0.25, 0.3) is 0 Å². The van der Waals surface area contributed by atoms with Crippen molar-refractivity contribution in [2.45, 2.75) is 52.0 Å². The number of nitrogens with zero attached hydrogens (tertiary/aromatic N) is 4. The fourth-order valence-corrected chi connectivity index (χ4v) is 5.16. The third-order valence-corrected chi connectivity index (χ3v) is 7.34. The fraction of sp³-hybridized carbons (Fsp3) is 0.708. The maximum absolute atomic E-state index is 12.8. The highest BCUT2D eigenvalue weighted by molar-refractivity contribution is 5.78. The Morgan fingerprint density at radius 1 is 0.862 bits per heavy atom. The van der Waals surface area contributed by atoms with Crippen LogP contribution in [0.3, 0.4) is 0 Å². The molecule has 0 radical (unpaired) electrons. The minimum Gasteiger partial charge on any atom is -0.369 e. The summed E-state index contributed by atoms with van der Waals surface area (Å²) in [5.74, 6) is 0.327. The molecule has 0 atom stereocenters. The van der Waals surface area contributed by atoms with Crippen molar-refractivity contribution in [2.75, 3.05) is 63.8 Å². The predicted molar refractivity (Wildman–Crippen MR) is 120 cm³/mol. The molecule has 2 heterocycles. The second kappa shape index (κ2) is 9.48. The molecule has 3 fully saturated rings. The molecule has 1 aromatic carbocycles. The van der Waals surface area contributed by atoms with Crippen LogP contribution in [0.1, 0.15) is 43.2 Å². The van der Waals surface area contributed by atoms with E-state index >= 15 is 0 Å². The van der Waals surface area contributed by atoms with Gasteiger partial charge in [0, 0.05) is 64.1 Å². The van der Waals surface area contributed by atoms with E-state index in [1.165, 1.54) is 48.9 Å². The van der Waals surface area contributed by atoms with Crippen molar-refractivity contribution in [1.29, 1.82) is 0 Å². The molecule has 0 spiro atoms. The molecule has 1 aromatic rings. The lowest BCUT2D eigenvalue weighted by Crippen LogP contribution is -2.55. The van der Waals surface area contributed by atoms with Gasteiger partial charge in [0.25, 0.3) is 0 Å². The van der Waals surface area contributed by atoms with E-state index in [4.69, 9.17) is 0 Å². The monoisotopic (exact) mass is 398 g/mol. The normalized spacial score (nSPS) is 22.8. The van der Waals surface area contributed by atoms with E-state index in [0.717, 1.165) is 58.4 Å². The van der Waals surface area contributed by atoms with Gasteiger partial charge in [-0.15, -0.1) is 0 Å². The molecule has 0 unspecified atom stereocenters. The maximum Gasteiger partial charge on any atom is 0.236 e. The Balaban J connectivity index is 1.20. The summed E-state index contributed by atoms with van der Waals surface area (Å²) in [6.45, 7) is 12.9. The van der Waals surface area contributed by atoms with Gasteiger partial charge in [0.15, 0.2) is 0 Å². The lowest BCUT2D eigenvalue weighted by Gasteiger charge is -2.41. The summed E-state index contributed by atoms with van der Waals surface area (Å²) >= 11 is 0. The number of hydrogen-bond donors (Lipinski definition) is 0. The largest absolute Gasteiger partial charge is 0.369 e. The quantitative estimate of drug-likeness (QED) is 0.780. The van der Waals surface area contributed by atoms with Gasteiger partial charge in [-0.25, -0.2) is 0 Å². The number of piperazine rings is 2. The molecule has 5 nitrogen and oxygen atoms in total. The molecule has 0 aromatic heterocycles. The van der Waals surface area contributed by atoms with Crippen LogP contribution in [-0.2, 0) is 4.79 Å². The lowest BCUT2D eigenvalue weighted by molar-refractivity contribution is -0.134. The van der Waals surface area contributed by atoms with Gasteiger partial charge in [0.2, 0.25) is 5.91 Å². The van der Waals surface area contributed by atoms with Gasteiger partial charge in [-0.05, 0) is 49.9 Å². The SMILES string of the molecule is Cc1ccc(N2CCN(CC(=O)N3CCN(C4CCCCC4)CC3)CC2)cc1C. The molecule has 1 aliphatic carbocycles. The Morgan fingerprint density at radius 3 is 2.21 bits per heavy atom. The highest BCUT2D eigenvalue weighted by Crippen LogP contribution is 2.24. The van der Waals surface area contributed by atoms with Crippen LogP contribution in [-0.4, -0.2) is 85.6 Å². The van der Waals surface area contributed by atoms with Gasteiger partial charge < -0.3 is 9.80 Å². The third-order valence-electron chi connectivity index (χ3n) is 7.34. The average Bonchev–Trinajstić information content (AvgIpc) is 2.77. The zero-order valence-electron chi connectivity index (χ0n) is 18.4. The first kappa shape index (κ1) is 20.7. The number of aryl methyl sites for hydroxylation is 2. The molecule has 0 N–H and O–H groups in total. The van der Waals surface area contributed by atoms with Crippen molar-refractivity contribution in [3.05, 3.63) is 29.3 Å². The van der Waals surface area contributed by atoms with E-state index in [9.17, 15) is 4.79 Å². The standard InChI is InChI=1S/C24H38N4O/c1-20-8-9-23(18-21(20)2)27-12-10-25(11-13-27)19-24(29)28-16-14-26(15-17-28)22-6-4-3-5-7-22/h8-9,18,22H,3-7,10-17,19H2,1-2H3. The van der Waals surface area contributed by atoms with Gasteiger partial charge in [-0.1, -0.05) is 25.3 Å². The zero-order chi connectivity index (χ0) is 20.2. The highest BCUT2D eigenvalue weighted by atomic mass is 16.2. The molecule has 2 aliphatic heterocycles. The highest BCUT2D eigenvalue weighted by Gasteiger charge is 2.28. The van der Waals surface area contributed by atoms with E-state index in [-0.39, 0.29) is 0 Å². The van der Waals surface area contributed by atoms with Crippen LogP contribution in [0.2, 0.25) is 0 Å². The summed E-state index contributed by atoms with van der Waals surface area (Å²) in [7, 11) is 0. The minimum atomic E-state index is 0.327. The van der Waals surface area contributed by atoms with Crippen LogP contribution < -0.4 is 4.90 Å². The van der Waals surface area contributed by atoms with Crippen molar-refractivity contribution >= 4 is 11.6 Å². The van der Waals surface area contributed by atoms with Gasteiger partial charge in [-0.3, -0.25) is 14.6 Å². The molecule has 1 amide bonds. The summed E-state index contributed by atoms with van der Waals surface area (Å²) < 4.78 is 0. The second-order valence-electron chi connectivity index (χ2n) is 9.24. The molecule has 0 bridgehead atoms. The number of amides is 1. The molecular weight excluding hydrogens is 360 g/mol. The minimum absolute atomic E-state index is 0.327. The Bertz CT molecular complexity index is 684. The Labute approximate surface area is 176 Å². The van der Waals surface area contributed by atoms with Gasteiger partial charge >= 0.3 is 0 Å². The zero-order valence-corrected chi connectivity index (χ0v) is 18.4. The van der Waals surface area contributed by atoms with Crippen molar-refractivity contribution in [3.8, 4) is 0 Å². The van der Waals surface area contributed by atoms with Crippen LogP contribution in [0, 0.1) is 13.8 Å². The predicted octanol–water partition coefficient (Wildman–Crippen LogP) is 2.90. The molecule has 1 saturated carbocycles. The van der Waals surface area contributed by atoms with Crippen molar-refractivity contribution in [2.24, 2.45) is 0 Å². The Hall–Kier alpha value is -1.59. The fourth-order valence-electron chi connectivity index (χ4n) is 5.16. The molecule has 3 aliphatic rings. The second-order valence-corrected chi connectivity index (χ2v) is 9.24. The summed E-state index contributed by atoms with van der Waals surface area (Å²) in [6.07, 6.45) is 6.90. The summed E-state index contributed by atoms with van der Waals surface area (Å²) in [5, 5.41) is 0. The first-order chi connectivity index (χ1) is 14.1. The topological polar surface area (TPSA) is 30.0 Å².